The first-order valence-electron chi connectivity index (χ1n) is 8.61. The van der Waals surface area contributed by atoms with Gasteiger partial charge in [0.15, 0.2) is 0 Å². The molecule has 1 amide bonds. The van der Waals surface area contributed by atoms with Crippen molar-refractivity contribution in [2.75, 3.05) is 18.6 Å². The Kier molecular flexibility index (Phi) is 3.96. The first-order valence-corrected chi connectivity index (χ1v) is 8.61. The van der Waals surface area contributed by atoms with Crippen LogP contribution in [0.4, 0.5) is 5.95 Å². The summed E-state index contributed by atoms with van der Waals surface area (Å²) in [6, 6.07) is 6.24. The van der Waals surface area contributed by atoms with Gasteiger partial charge in [-0.25, -0.2) is 4.68 Å². The van der Waals surface area contributed by atoms with Crippen LogP contribution in [0, 0.1) is 0 Å². The van der Waals surface area contributed by atoms with Crippen LogP contribution in [-0.2, 0) is 17.8 Å². The van der Waals surface area contributed by atoms with Crippen molar-refractivity contribution in [3.05, 3.63) is 35.7 Å². The maximum Gasteiger partial charge on any atom is 0.230 e. The van der Waals surface area contributed by atoms with Gasteiger partial charge in [0.25, 0.3) is 0 Å². The number of methoxy groups -OCH3 is 1. The third-order valence-corrected chi connectivity index (χ3v) is 5.10. The molecular weight excluding hydrogens is 304 g/mol. The van der Waals surface area contributed by atoms with Crippen LogP contribution in [0.2, 0.25) is 0 Å². The van der Waals surface area contributed by atoms with Gasteiger partial charge in [-0.2, -0.15) is 10.1 Å². The number of hydrogen-bond donors (Lipinski definition) is 0. The molecule has 1 aromatic heterocycles. The van der Waals surface area contributed by atoms with E-state index in [1.807, 2.05) is 10.7 Å². The van der Waals surface area contributed by atoms with Crippen molar-refractivity contribution < 1.29 is 9.53 Å². The summed E-state index contributed by atoms with van der Waals surface area (Å²) in [6.45, 7) is 1.57. The topological polar surface area (TPSA) is 60.2 Å². The average Bonchev–Trinajstić information content (AvgIpc) is 3.10. The fourth-order valence-corrected chi connectivity index (χ4v) is 3.89. The second-order valence-electron chi connectivity index (χ2n) is 6.54. The van der Waals surface area contributed by atoms with Crippen LogP contribution in [0.25, 0.3) is 0 Å². The molecule has 1 aliphatic carbocycles. The Morgan fingerprint density at radius 3 is 3.12 bits per heavy atom. The molecule has 0 radical (unpaired) electrons. The number of carbonyl (C=O) groups is 1. The van der Waals surface area contributed by atoms with Gasteiger partial charge in [-0.05, 0) is 54.9 Å². The Bertz CT molecular complexity index is 755. The molecule has 2 aromatic rings. The number of nitrogens with zero attached hydrogens (tertiary/aromatic N) is 4. The predicted octanol–water partition coefficient (Wildman–Crippen LogP) is 2.53. The molecule has 1 aliphatic heterocycles. The van der Waals surface area contributed by atoms with E-state index in [-0.39, 0.29) is 11.8 Å². The lowest BCUT2D eigenvalue weighted by molar-refractivity contribution is -0.119. The molecule has 1 aromatic carbocycles. The van der Waals surface area contributed by atoms with E-state index in [1.165, 1.54) is 17.5 Å². The number of aryl methyl sites for hydroxylation is 2. The second kappa shape index (κ2) is 6.26. The van der Waals surface area contributed by atoms with Gasteiger partial charge in [0.1, 0.15) is 12.1 Å². The third-order valence-electron chi connectivity index (χ3n) is 5.10. The van der Waals surface area contributed by atoms with Crippen molar-refractivity contribution in [1.29, 1.82) is 0 Å². The molecule has 2 heterocycles. The van der Waals surface area contributed by atoms with E-state index >= 15 is 0 Å². The molecule has 24 heavy (non-hydrogen) atoms. The van der Waals surface area contributed by atoms with Crippen molar-refractivity contribution in [2.24, 2.45) is 0 Å². The largest absolute Gasteiger partial charge is 0.497 e. The van der Waals surface area contributed by atoms with Crippen molar-refractivity contribution in [3.8, 4) is 5.75 Å². The number of ether oxygens (including phenoxy) is 1. The van der Waals surface area contributed by atoms with E-state index in [1.54, 1.807) is 12.0 Å². The first kappa shape index (κ1) is 15.2. The van der Waals surface area contributed by atoms with Crippen molar-refractivity contribution >= 4 is 11.9 Å². The summed E-state index contributed by atoms with van der Waals surface area (Å²) < 4.78 is 7.15. The van der Waals surface area contributed by atoms with E-state index in [2.05, 4.69) is 22.2 Å². The van der Waals surface area contributed by atoms with Crippen molar-refractivity contribution in [3.63, 3.8) is 0 Å². The summed E-state index contributed by atoms with van der Waals surface area (Å²) >= 11 is 0. The fraction of sp³-hybridized carbons (Fsp3) is 0.500. The maximum atomic E-state index is 12.9. The second-order valence-corrected chi connectivity index (χ2v) is 6.54. The highest BCUT2D eigenvalue weighted by atomic mass is 16.5. The Balaban J connectivity index is 1.54. The molecule has 0 fully saturated rings. The molecule has 0 saturated heterocycles. The van der Waals surface area contributed by atoms with Crippen LogP contribution in [0.1, 0.15) is 42.7 Å². The number of carbonyl (C=O) groups excluding carboxylic acids is 1. The Morgan fingerprint density at radius 2 is 2.25 bits per heavy atom. The molecular formula is C18H22N4O2. The van der Waals surface area contributed by atoms with Crippen LogP contribution >= 0.6 is 0 Å². The highest BCUT2D eigenvalue weighted by molar-refractivity contribution is 5.92. The lowest BCUT2D eigenvalue weighted by Crippen LogP contribution is -2.39. The molecule has 126 valence electrons. The van der Waals surface area contributed by atoms with E-state index in [4.69, 9.17) is 4.74 Å². The monoisotopic (exact) mass is 326 g/mol. The van der Waals surface area contributed by atoms with Crippen LogP contribution in [-0.4, -0.2) is 34.3 Å². The molecule has 0 saturated carbocycles. The van der Waals surface area contributed by atoms with Crippen LogP contribution in [0.15, 0.2) is 24.5 Å². The van der Waals surface area contributed by atoms with Gasteiger partial charge < -0.3 is 4.74 Å². The molecule has 0 N–H and O–H groups in total. The number of fused-ring (bicyclic) bond motifs is 2. The van der Waals surface area contributed by atoms with Crippen molar-refractivity contribution in [2.45, 2.75) is 44.6 Å². The van der Waals surface area contributed by atoms with Crippen LogP contribution < -0.4 is 9.64 Å². The summed E-state index contributed by atoms with van der Waals surface area (Å²) in [5, 5.41) is 4.19. The van der Waals surface area contributed by atoms with Crippen LogP contribution in [0.3, 0.4) is 0 Å². The number of rotatable bonds is 3. The number of anilines is 1. The molecule has 0 spiro atoms. The first-order chi connectivity index (χ1) is 11.8. The zero-order chi connectivity index (χ0) is 16.5. The van der Waals surface area contributed by atoms with Gasteiger partial charge in [0, 0.05) is 19.5 Å². The highest BCUT2D eigenvalue weighted by Crippen LogP contribution is 2.36. The Morgan fingerprint density at radius 1 is 1.33 bits per heavy atom. The smallest absolute Gasteiger partial charge is 0.230 e. The fourth-order valence-electron chi connectivity index (χ4n) is 3.89. The molecule has 0 unspecified atom stereocenters. The maximum absolute atomic E-state index is 12.9. The Hall–Kier alpha value is -2.37. The van der Waals surface area contributed by atoms with Gasteiger partial charge in [-0.3, -0.25) is 9.69 Å². The normalized spacial score (nSPS) is 19.5. The molecule has 4 rings (SSSR count). The summed E-state index contributed by atoms with van der Waals surface area (Å²) in [5.41, 5.74) is 2.62. The summed E-state index contributed by atoms with van der Waals surface area (Å²) in [6.07, 6.45) is 6.24. The van der Waals surface area contributed by atoms with Gasteiger partial charge in [-0.15, -0.1) is 0 Å². The van der Waals surface area contributed by atoms with E-state index in [0.717, 1.165) is 44.5 Å². The summed E-state index contributed by atoms with van der Waals surface area (Å²) in [5.74, 6) is 2.02. The van der Waals surface area contributed by atoms with Crippen LogP contribution in [0.5, 0.6) is 5.75 Å². The number of amides is 1. The molecule has 6 nitrogen and oxygen atoms in total. The minimum Gasteiger partial charge on any atom is -0.497 e. The number of hydrogen-bond acceptors (Lipinski definition) is 4. The van der Waals surface area contributed by atoms with Gasteiger partial charge in [-0.1, -0.05) is 6.07 Å². The molecule has 2 aliphatic rings. The van der Waals surface area contributed by atoms with Gasteiger partial charge in [0.2, 0.25) is 11.9 Å². The Labute approximate surface area is 141 Å². The summed E-state index contributed by atoms with van der Waals surface area (Å²) in [4.78, 5) is 18.9. The lowest BCUT2D eigenvalue weighted by atomic mass is 9.80. The van der Waals surface area contributed by atoms with E-state index in [9.17, 15) is 4.79 Å². The minimum atomic E-state index is 0.151. The average molecular weight is 326 g/mol. The number of benzene rings is 1. The standard InChI is InChI=1S/C18H22N4O2/c1-24-15-6-7-16-13(10-15)4-2-5-14(16)11-17(23)21-8-3-9-22-18(21)19-12-20-22/h6-7,10,12,14H,2-5,8-9,11H2,1H3/t14-/m1/s1. The lowest BCUT2D eigenvalue weighted by Gasteiger charge is -2.30. The SMILES string of the molecule is COc1ccc2c(c1)CCC[C@@H]2CC(=O)N1CCCn2ncnc21. The quantitative estimate of drug-likeness (QED) is 0.869. The molecule has 1 atom stereocenters. The van der Waals surface area contributed by atoms with E-state index < -0.39 is 0 Å². The zero-order valence-electron chi connectivity index (χ0n) is 13.9. The number of aromatic nitrogens is 3. The minimum absolute atomic E-state index is 0.151. The van der Waals surface area contributed by atoms with Crippen molar-refractivity contribution in [1.82, 2.24) is 14.8 Å². The molecule has 0 bridgehead atoms. The highest BCUT2D eigenvalue weighted by Gasteiger charge is 2.29. The van der Waals surface area contributed by atoms with Gasteiger partial charge in [0.05, 0.1) is 7.11 Å². The molecule has 6 heteroatoms. The summed E-state index contributed by atoms with van der Waals surface area (Å²) in [7, 11) is 1.69. The van der Waals surface area contributed by atoms with E-state index in [0.29, 0.717) is 12.4 Å². The third kappa shape index (κ3) is 2.66. The zero-order valence-corrected chi connectivity index (χ0v) is 13.9. The van der Waals surface area contributed by atoms with Gasteiger partial charge >= 0.3 is 0 Å². The predicted molar refractivity (Wildman–Crippen MR) is 90.3 cm³/mol.